The average Bonchev–Trinajstić information content (AvgIpc) is 2.17. The zero-order valence-electron chi connectivity index (χ0n) is 6.35. The Balaban J connectivity index is 0.000000810. The molecule has 1 fully saturated rings. The van der Waals surface area contributed by atoms with Crippen LogP contribution in [0.25, 0.3) is 0 Å². The van der Waals surface area contributed by atoms with Crippen molar-refractivity contribution in [3.8, 4) is 0 Å². The van der Waals surface area contributed by atoms with Crippen LogP contribution in [0.1, 0.15) is 6.42 Å². The summed E-state index contributed by atoms with van der Waals surface area (Å²) in [6.45, 7) is 1.65. The molecule has 1 saturated heterocycles. The summed E-state index contributed by atoms with van der Waals surface area (Å²) in [4.78, 5) is 1.87. The number of hydrogen-bond donors (Lipinski definition) is 0. The molecule has 0 aliphatic carbocycles. The average molecular weight is 171 g/mol. The van der Waals surface area contributed by atoms with Crippen LogP contribution < -0.4 is 56.5 Å². The van der Waals surface area contributed by atoms with E-state index in [2.05, 4.69) is 0 Å². The summed E-state index contributed by atoms with van der Waals surface area (Å²) in [7, 11) is 0. The molecule has 2 nitrogen and oxygen atoms in total. The van der Waals surface area contributed by atoms with E-state index in [-0.39, 0.29) is 58.0 Å². The molecule has 10 heavy (non-hydrogen) atoms. The van der Waals surface area contributed by atoms with Gasteiger partial charge < -0.3 is 10.0 Å². The quantitative estimate of drug-likeness (QED) is 0.401. The second-order valence-electron chi connectivity index (χ2n) is 2.39. The summed E-state index contributed by atoms with van der Waals surface area (Å²) in [6.07, 6.45) is -0.0726. The Hall–Kier alpha value is 1.49. The van der Waals surface area contributed by atoms with Crippen LogP contribution in [0, 0.1) is 0 Å². The fraction of sp³-hybridized carbons (Fsp3) is 1.00. The smallest absolute Gasteiger partial charge is 0.854 e. The van der Waals surface area contributed by atoms with Gasteiger partial charge in [0.05, 0.1) is 0 Å². The van der Waals surface area contributed by atoms with Crippen LogP contribution in [0.3, 0.4) is 0 Å². The van der Waals surface area contributed by atoms with E-state index in [9.17, 15) is 9.50 Å². The molecule has 0 aromatic rings. The van der Waals surface area contributed by atoms with Crippen molar-refractivity contribution in [2.45, 2.75) is 12.6 Å². The molecule has 1 heterocycles. The number of rotatable bonds is 2. The maximum Gasteiger partial charge on any atom is 1.00 e. The largest absolute Gasteiger partial charge is 1.00 e. The van der Waals surface area contributed by atoms with E-state index in [1.54, 1.807) is 0 Å². The van der Waals surface area contributed by atoms with E-state index in [1.807, 2.05) is 4.90 Å². The third-order valence-corrected chi connectivity index (χ3v) is 1.62. The van der Waals surface area contributed by atoms with Gasteiger partial charge in [0.2, 0.25) is 0 Å². The predicted molar refractivity (Wildman–Crippen MR) is 30.8 cm³/mol. The molecule has 0 radical (unpaired) electrons. The van der Waals surface area contributed by atoms with Crippen molar-refractivity contribution in [1.82, 2.24) is 4.90 Å². The van der Waals surface area contributed by atoms with Crippen molar-refractivity contribution >= 4 is 0 Å². The van der Waals surface area contributed by atoms with Gasteiger partial charge in [-0.25, -0.2) is 4.39 Å². The van der Waals surface area contributed by atoms with Gasteiger partial charge >= 0.3 is 51.4 Å². The van der Waals surface area contributed by atoms with Gasteiger partial charge in [0.25, 0.3) is 0 Å². The Kier molecular flexibility index (Phi) is 6.95. The molecule has 1 aliphatic rings. The molecular weight excluding hydrogens is 160 g/mol. The zero-order chi connectivity index (χ0) is 6.69. The number of alkyl halides is 1. The van der Waals surface area contributed by atoms with Crippen molar-refractivity contribution in [1.29, 1.82) is 0 Å². The first-order valence-corrected chi connectivity index (χ1v) is 3.27. The van der Waals surface area contributed by atoms with Crippen LogP contribution in [-0.2, 0) is 0 Å². The number of likely N-dealkylation sites (tertiary alicyclic amines) is 1. The van der Waals surface area contributed by atoms with Gasteiger partial charge in [-0.3, -0.25) is 0 Å². The Morgan fingerprint density at radius 3 is 2.70 bits per heavy atom. The zero-order valence-corrected chi connectivity index (χ0v) is 9.47. The minimum absolute atomic E-state index is 0. The monoisotopic (exact) mass is 171 g/mol. The standard InChI is InChI=1S/C6H11FNO.K/c7-6-1-2-8(5-6)3-4-9;/h6H,1-5H2;/q-1;+1. The summed E-state index contributed by atoms with van der Waals surface area (Å²) in [5, 5.41) is 10.0. The molecule has 0 saturated carbocycles. The summed E-state index contributed by atoms with van der Waals surface area (Å²) in [5.41, 5.74) is 0. The molecule has 0 aromatic heterocycles. The van der Waals surface area contributed by atoms with Gasteiger partial charge in [-0.2, -0.15) is 0 Å². The van der Waals surface area contributed by atoms with Crippen molar-refractivity contribution in [2.75, 3.05) is 26.2 Å². The summed E-state index contributed by atoms with van der Waals surface area (Å²) < 4.78 is 12.4. The van der Waals surface area contributed by atoms with Gasteiger partial charge in [0.15, 0.2) is 0 Å². The first-order chi connectivity index (χ1) is 4.33. The van der Waals surface area contributed by atoms with E-state index >= 15 is 0 Å². The van der Waals surface area contributed by atoms with Crippen LogP contribution in [0.15, 0.2) is 0 Å². The van der Waals surface area contributed by atoms with Crippen molar-refractivity contribution in [3.63, 3.8) is 0 Å². The van der Waals surface area contributed by atoms with Crippen LogP contribution in [0.4, 0.5) is 4.39 Å². The van der Waals surface area contributed by atoms with E-state index in [1.165, 1.54) is 0 Å². The Labute approximate surface area is 103 Å². The Morgan fingerprint density at radius 2 is 2.30 bits per heavy atom. The molecule has 0 spiro atoms. The Morgan fingerprint density at radius 1 is 1.60 bits per heavy atom. The Bertz CT molecular complexity index is 91.8. The minimum Gasteiger partial charge on any atom is -0.854 e. The molecule has 1 unspecified atom stereocenters. The maximum absolute atomic E-state index is 12.4. The summed E-state index contributed by atoms with van der Waals surface area (Å²) >= 11 is 0. The molecule has 0 aromatic carbocycles. The third-order valence-electron chi connectivity index (χ3n) is 1.62. The van der Waals surface area contributed by atoms with Crippen molar-refractivity contribution in [3.05, 3.63) is 0 Å². The molecular formula is C6H11FKNO. The predicted octanol–water partition coefficient (Wildman–Crippen LogP) is -3.61. The molecule has 54 valence electrons. The van der Waals surface area contributed by atoms with Crippen molar-refractivity contribution < 1.29 is 60.9 Å². The number of hydrogen-bond acceptors (Lipinski definition) is 2. The van der Waals surface area contributed by atoms with E-state index < -0.39 is 6.17 Å². The number of nitrogens with zero attached hydrogens (tertiary/aromatic N) is 1. The second-order valence-corrected chi connectivity index (χ2v) is 2.39. The third kappa shape index (κ3) is 3.76. The van der Waals surface area contributed by atoms with E-state index in [0.29, 0.717) is 19.5 Å². The molecule has 0 bridgehead atoms. The maximum atomic E-state index is 12.4. The summed E-state index contributed by atoms with van der Waals surface area (Å²) in [5.74, 6) is 0. The molecule has 1 rings (SSSR count). The molecule has 1 atom stereocenters. The molecule has 4 heteroatoms. The van der Waals surface area contributed by atoms with Crippen molar-refractivity contribution in [2.24, 2.45) is 0 Å². The fourth-order valence-corrected chi connectivity index (χ4v) is 1.12. The van der Waals surface area contributed by atoms with Crippen LogP contribution >= 0.6 is 0 Å². The van der Waals surface area contributed by atoms with Gasteiger partial charge in [-0.05, 0) is 13.0 Å². The molecule has 0 N–H and O–H groups in total. The SMILES string of the molecule is [K+].[O-]CCN1CCC(F)C1. The van der Waals surface area contributed by atoms with Crippen LogP contribution in [0.2, 0.25) is 0 Å². The van der Waals surface area contributed by atoms with Crippen LogP contribution in [-0.4, -0.2) is 37.3 Å². The topological polar surface area (TPSA) is 26.3 Å². The van der Waals surface area contributed by atoms with Gasteiger partial charge in [0.1, 0.15) is 6.17 Å². The van der Waals surface area contributed by atoms with Gasteiger partial charge in [0, 0.05) is 13.1 Å². The molecule has 0 amide bonds. The molecule has 1 aliphatic heterocycles. The first-order valence-electron chi connectivity index (χ1n) is 3.27. The normalized spacial score (nSPS) is 26.4. The van der Waals surface area contributed by atoms with Gasteiger partial charge in [-0.15, -0.1) is 6.61 Å². The minimum atomic E-state index is -0.684. The van der Waals surface area contributed by atoms with Crippen LogP contribution in [0.5, 0.6) is 0 Å². The number of halogens is 1. The fourth-order valence-electron chi connectivity index (χ4n) is 1.12. The van der Waals surface area contributed by atoms with Gasteiger partial charge in [-0.1, -0.05) is 0 Å². The second kappa shape index (κ2) is 6.05. The summed E-state index contributed by atoms with van der Waals surface area (Å²) in [6, 6.07) is 0. The van der Waals surface area contributed by atoms with E-state index in [0.717, 1.165) is 6.54 Å². The first kappa shape index (κ1) is 11.5. The van der Waals surface area contributed by atoms with E-state index in [4.69, 9.17) is 0 Å².